The summed E-state index contributed by atoms with van der Waals surface area (Å²) in [7, 11) is 0. The molecule has 3 rings (SSSR count). The molecule has 1 aliphatic carbocycles. The van der Waals surface area contributed by atoms with Gasteiger partial charge < -0.3 is 15.4 Å². The maximum Gasteiger partial charge on any atom is 0.240 e. The summed E-state index contributed by atoms with van der Waals surface area (Å²) in [5.74, 6) is -0.575. The summed E-state index contributed by atoms with van der Waals surface area (Å²) in [5, 5.41) is 5.50. The Hall–Kier alpha value is -2.89. The number of hydrogen-bond acceptors (Lipinski definition) is 3. The van der Waals surface area contributed by atoms with Crippen LogP contribution in [0.25, 0.3) is 0 Å². The Morgan fingerprint density at radius 2 is 1.74 bits per heavy atom. The standard InChI is InChI=1S/C21H23FN2O3/c1-14(2)27-18-10-6-5-9-17(18)24-20(26)21(11-12-21)19(25)23-13-15-7-3-4-8-16(15)22/h3-10,14H,11-13H2,1-2H3,(H,23,25)(H,24,26). The summed E-state index contributed by atoms with van der Waals surface area (Å²) in [6.07, 6.45) is 0.895. The minimum atomic E-state index is -1.10. The number of carbonyl (C=O) groups is 2. The molecule has 0 bridgehead atoms. The SMILES string of the molecule is CC(C)Oc1ccccc1NC(=O)C1(C(=O)NCc2ccccc2F)CC1. The zero-order chi connectivity index (χ0) is 19.4. The van der Waals surface area contributed by atoms with E-state index < -0.39 is 5.41 Å². The van der Waals surface area contributed by atoms with Crippen LogP contribution in [0.5, 0.6) is 5.75 Å². The number of rotatable bonds is 7. The molecule has 0 unspecified atom stereocenters. The van der Waals surface area contributed by atoms with Crippen molar-refractivity contribution >= 4 is 17.5 Å². The first kappa shape index (κ1) is 18.9. The molecule has 2 N–H and O–H groups in total. The van der Waals surface area contributed by atoms with E-state index in [1.165, 1.54) is 6.07 Å². The molecule has 0 atom stereocenters. The predicted octanol–water partition coefficient (Wildman–Crippen LogP) is 3.65. The molecular weight excluding hydrogens is 347 g/mol. The topological polar surface area (TPSA) is 67.4 Å². The van der Waals surface area contributed by atoms with Crippen LogP contribution in [0.4, 0.5) is 10.1 Å². The second-order valence-corrected chi connectivity index (χ2v) is 6.97. The lowest BCUT2D eigenvalue weighted by Crippen LogP contribution is -2.39. The van der Waals surface area contributed by atoms with Crippen molar-refractivity contribution in [3.63, 3.8) is 0 Å². The van der Waals surface area contributed by atoms with Crippen molar-refractivity contribution in [3.05, 3.63) is 59.9 Å². The first-order chi connectivity index (χ1) is 12.9. The van der Waals surface area contributed by atoms with Crippen molar-refractivity contribution in [2.45, 2.75) is 39.3 Å². The minimum Gasteiger partial charge on any atom is -0.489 e. The lowest BCUT2D eigenvalue weighted by molar-refractivity contribution is -0.134. The fourth-order valence-electron chi connectivity index (χ4n) is 2.84. The van der Waals surface area contributed by atoms with E-state index in [1.54, 1.807) is 36.4 Å². The Morgan fingerprint density at radius 3 is 2.41 bits per heavy atom. The number of amides is 2. The third kappa shape index (κ3) is 4.27. The van der Waals surface area contributed by atoms with Gasteiger partial charge in [0.05, 0.1) is 11.8 Å². The number of nitrogens with one attached hydrogen (secondary N) is 2. The van der Waals surface area contributed by atoms with Crippen molar-refractivity contribution in [1.29, 1.82) is 0 Å². The Morgan fingerprint density at radius 1 is 1.07 bits per heavy atom. The number of hydrogen-bond donors (Lipinski definition) is 2. The second-order valence-electron chi connectivity index (χ2n) is 6.97. The van der Waals surface area contributed by atoms with Crippen LogP contribution < -0.4 is 15.4 Å². The lowest BCUT2D eigenvalue weighted by Gasteiger charge is -2.18. The Labute approximate surface area is 157 Å². The molecule has 2 aromatic rings. The fraction of sp³-hybridized carbons (Fsp3) is 0.333. The van der Waals surface area contributed by atoms with Crippen molar-refractivity contribution in [2.24, 2.45) is 5.41 Å². The van der Waals surface area contributed by atoms with Crippen molar-refractivity contribution in [3.8, 4) is 5.75 Å². The van der Waals surface area contributed by atoms with E-state index in [9.17, 15) is 14.0 Å². The molecule has 142 valence electrons. The summed E-state index contributed by atoms with van der Waals surface area (Å²) < 4.78 is 19.4. The molecule has 6 heteroatoms. The van der Waals surface area contributed by atoms with Gasteiger partial charge in [0.2, 0.25) is 11.8 Å². The van der Waals surface area contributed by atoms with Gasteiger partial charge in [-0.25, -0.2) is 4.39 Å². The molecular formula is C21H23FN2O3. The zero-order valence-corrected chi connectivity index (χ0v) is 15.4. The van der Waals surface area contributed by atoms with Crippen molar-refractivity contribution in [1.82, 2.24) is 5.32 Å². The highest BCUT2D eigenvalue weighted by atomic mass is 19.1. The molecule has 1 fully saturated rings. The molecule has 0 saturated heterocycles. The molecule has 5 nitrogen and oxygen atoms in total. The largest absolute Gasteiger partial charge is 0.489 e. The number of ether oxygens (including phenoxy) is 1. The van der Waals surface area contributed by atoms with Gasteiger partial charge in [0.15, 0.2) is 0 Å². The molecule has 0 aliphatic heterocycles. The number of halogens is 1. The molecule has 2 amide bonds. The summed E-state index contributed by atoms with van der Waals surface area (Å²) in [6, 6.07) is 13.4. The number of benzene rings is 2. The van der Waals surface area contributed by atoms with Crippen LogP contribution in [-0.2, 0) is 16.1 Å². The van der Waals surface area contributed by atoms with Gasteiger partial charge in [0.25, 0.3) is 0 Å². The molecule has 27 heavy (non-hydrogen) atoms. The highest BCUT2D eigenvalue weighted by molar-refractivity contribution is 6.13. The summed E-state index contributed by atoms with van der Waals surface area (Å²) in [5.41, 5.74) is -0.182. The van der Waals surface area contributed by atoms with Crippen LogP contribution in [0, 0.1) is 11.2 Å². The molecule has 0 heterocycles. The Bertz CT molecular complexity index is 847. The van der Waals surface area contributed by atoms with Crippen molar-refractivity contribution < 1.29 is 18.7 Å². The van der Waals surface area contributed by atoms with Crippen LogP contribution in [0.15, 0.2) is 48.5 Å². The quantitative estimate of drug-likeness (QED) is 0.731. The monoisotopic (exact) mass is 370 g/mol. The van der Waals surface area contributed by atoms with Crippen LogP contribution in [-0.4, -0.2) is 17.9 Å². The number of para-hydroxylation sites is 2. The second kappa shape index (κ2) is 7.78. The fourth-order valence-corrected chi connectivity index (χ4v) is 2.84. The predicted molar refractivity (Wildman–Crippen MR) is 101 cm³/mol. The highest BCUT2D eigenvalue weighted by Crippen LogP contribution is 2.47. The van der Waals surface area contributed by atoms with Gasteiger partial charge in [0.1, 0.15) is 17.0 Å². The van der Waals surface area contributed by atoms with Gasteiger partial charge in [-0.05, 0) is 44.9 Å². The molecule has 0 aromatic heterocycles. The summed E-state index contributed by atoms with van der Waals surface area (Å²) in [6.45, 7) is 3.85. The third-order valence-electron chi connectivity index (χ3n) is 4.51. The number of carbonyl (C=O) groups excluding carboxylic acids is 2. The Kier molecular flexibility index (Phi) is 5.44. The molecule has 1 saturated carbocycles. The minimum absolute atomic E-state index is 0.0398. The maximum atomic E-state index is 13.7. The summed E-state index contributed by atoms with van der Waals surface area (Å²) >= 11 is 0. The van der Waals surface area contributed by atoms with Crippen LogP contribution >= 0.6 is 0 Å². The molecule has 1 aliphatic rings. The van der Waals surface area contributed by atoms with E-state index in [4.69, 9.17) is 4.74 Å². The molecule has 0 spiro atoms. The average molecular weight is 370 g/mol. The van der Waals surface area contributed by atoms with E-state index in [-0.39, 0.29) is 30.3 Å². The van der Waals surface area contributed by atoms with Crippen LogP contribution in [0.2, 0.25) is 0 Å². The highest BCUT2D eigenvalue weighted by Gasteiger charge is 2.56. The van der Waals surface area contributed by atoms with Crippen molar-refractivity contribution in [2.75, 3.05) is 5.32 Å². The number of anilines is 1. The first-order valence-corrected chi connectivity index (χ1v) is 9.01. The van der Waals surface area contributed by atoms with Gasteiger partial charge in [0, 0.05) is 12.1 Å². The van der Waals surface area contributed by atoms with Gasteiger partial charge in [-0.3, -0.25) is 9.59 Å². The Balaban J connectivity index is 1.66. The van der Waals surface area contributed by atoms with Gasteiger partial charge in [-0.15, -0.1) is 0 Å². The van der Waals surface area contributed by atoms with E-state index in [2.05, 4.69) is 10.6 Å². The lowest BCUT2D eigenvalue weighted by atomic mass is 10.0. The summed E-state index contributed by atoms with van der Waals surface area (Å²) in [4.78, 5) is 25.3. The van der Waals surface area contributed by atoms with Crippen LogP contribution in [0.1, 0.15) is 32.3 Å². The normalized spacial score (nSPS) is 14.5. The average Bonchev–Trinajstić information content (AvgIpc) is 3.44. The zero-order valence-electron chi connectivity index (χ0n) is 15.4. The first-order valence-electron chi connectivity index (χ1n) is 9.01. The van der Waals surface area contributed by atoms with E-state index >= 15 is 0 Å². The molecule has 0 radical (unpaired) electrons. The van der Waals surface area contributed by atoms with E-state index in [0.717, 1.165) is 0 Å². The van der Waals surface area contributed by atoms with Gasteiger partial charge >= 0.3 is 0 Å². The van der Waals surface area contributed by atoms with E-state index in [0.29, 0.717) is 29.8 Å². The van der Waals surface area contributed by atoms with Gasteiger partial charge in [-0.1, -0.05) is 30.3 Å². The van der Waals surface area contributed by atoms with E-state index in [1.807, 2.05) is 19.9 Å². The van der Waals surface area contributed by atoms with Gasteiger partial charge in [-0.2, -0.15) is 0 Å². The maximum absolute atomic E-state index is 13.7. The third-order valence-corrected chi connectivity index (χ3v) is 4.51. The molecule has 2 aromatic carbocycles. The van der Waals surface area contributed by atoms with Crippen LogP contribution in [0.3, 0.4) is 0 Å². The smallest absolute Gasteiger partial charge is 0.240 e.